The molecule has 82 valence electrons. The number of hydrogen-bond acceptors (Lipinski definition) is 3. The van der Waals surface area contributed by atoms with E-state index in [2.05, 4.69) is 4.90 Å². The van der Waals surface area contributed by atoms with Crippen LogP contribution in [0.15, 0.2) is 0 Å². The zero-order valence-electron chi connectivity index (χ0n) is 8.86. The van der Waals surface area contributed by atoms with Crippen molar-refractivity contribution in [2.45, 2.75) is 56.7 Å². The van der Waals surface area contributed by atoms with Gasteiger partial charge in [0.15, 0.2) is 0 Å². The Balaban J connectivity index is 1.87. The predicted octanol–water partition coefficient (Wildman–Crippen LogP) is 0.713. The van der Waals surface area contributed by atoms with Crippen LogP contribution >= 0.6 is 0 Å². The van der Waals surface area contributed by atoms with Crippen molar-refractivity contribution in [1.29, 1.82) is 0 Å². The molecule has 2 aliphatic rings. The zero-order valence-corrected chi connectivity index (χ0v) is 8.86. The molecule has 0 aromatic carbocycles. The summed E-state index contributed by atoms with van der Waals surface area (Å²) in [6.07, 6.45) is 6.77. The molecule has 2 rings (SSSR count). The van der Waals surface area contributed by atoms with E-state index in [0.29, 0.717) is 12.1 Å². The molecule has 0 aromatic rings. The number of aliphatic hydroxyl groups is 1. The van der Waals surface area contributed by atoms with E-state index in [9.17, 15) is 5.11 Å². The third-order valence-corrected chi connectivity index (χ3v) is 3.74. The highest BCUT2D eigenvalue weighted by Crippen LogP contribution is 2.25. The topological polar surface area (TPSA) is 49.5 Å². The van der Waals surface area contributed by atoms with Gasteiger partial charge in [0.25, 0.3) is 0 Å². The molecule has 0 amide bonds. The molecule has 1 aliphatic heterocycles. The van der Waals surface area contributed by atoms with Crippen molar-refractivity contribution >= 4 is 0 Å². The summed E-state index contributed by atoms with van der Waals surface area (Å²) in [6.45, 7) is 2.17. The van der Waals surface area contributed by atoms with E-state index in [0.717, 1.165) is 32.4 Å². The molecule has 2 unspecified atom stereocenters. The second-order valence-corrected chi connectivity index (χ2v) is 4.79. The fraction of sp³-hybridized carbons (Fsp3) is 1.00. The van der Waals surface area contributed by atoms with E-state index in [1.807, 2.05) is 0 Å². The van der Waals surface area contributed by atoms with Crippen molar-refractivity contribution in [2.75, 3.05) is 13.1 Å². The first-order valence-corrected chi connectivity index (χ1v) is 5.95. The number of nitrogens with two attached hydrogens (primary N) is 1. The Morgan fingerprint density at radius 2 is 1.64 bits per heavy atom. The lowest BCUT2D eigenvalue weighted by atomic mass is 9.90. The third kappa shape index (κ3) is 2.27. The van der Waals surface area contributed by atoms with Crippen LogP contribution in [0.1, 0.15) is 38.5 Å². The Labute approximate surface area is 86.3 Å². The van der Waals surface area contributed by atoms with Gasteiger partial charge in [0, 0.05) is 25.2 Å². The van der Waals surface area contributed by atoms with E-state index < -0.39 is 0 Å². The maximum absolute atomic E-state index is 9.91. The van der Waals surface area contributed by atoms with Crippen LogP contribution in [0.4, 0.5) is 0 Å². The molecular formula is C11H22N2O. The Morgan fingerprint density at radius 1 is 1.00 bits per heavy atom. The highest BCUT2D eigenvalue weighted by Gasteiger charge is 2.30. The summed E-state index contributed by atoms with van der Waals surface area (Å²) in [4.78, 5) is 2.45. The molecule has 0 bridgehead atoms. The van der Waals surface area contributed by atoms with Gasteiger partial charge in [0.05, 0.1) is 6.10 Å². The van der Waals surface area contributed by atoms with Crippen LogP contribution in [0.2, 0.25) is 0 Å². The summed E-state index contributed by atoms with van der Waals surface area (Å²) in [5.41, 5.74) is 5.87. The van der Waals surface area contributed by atoms with Crippen LogP contribution in [0.5, 0.6) is 0 Å². The maximum Gasteiger partial charge on any atom is 0.0695 e. The second-order valence-electron chi connectivity index (χ2n) is 4.79. The van der Waals surface area contributed by atoms with E-state index in [1.165, 1.54) is 19.3 Å². The van der Waals surface area contributed by atoms with Gasteiger partial charge in [-0.1, -0.05) is 12.8 Å². The van der Waals surface area contributed by atoms with Gasteiger partial charge in [0.1, 0.15) is 0 Å². The third-order valence-electron chi connectivity index (χ3n) is 3.74. The minimum absolute atomic E-state index is 0.0851. The molecule has 3 heteroatoms. The number of nitrogens with zero attached hydrogens (tertiary/aromatic N) is 1. The summed E-state index contributed by atoms with van der Waals surface area (Å²) in [5, 5.41) is 9.91. The van der Waals surface area contributed by atoms with E-state index >= 15 is 0 Å². The van der Waals surface area contributed by atoms with Crippen molar-refractivity contribution in [3.05, 3.63) is 0 Å². The van der Waals surface area contributed by atoms with Gasteiger partial charge in [-0.3, -0.25) is 4.90 Å². The lowest BCUT2D eigenvalue weighted by Gasteiger charge is -2.40. The predicted molar refractivity (Wildman–Crippen MR) is 57.0 cm³/mol. The number of aliphatic hydroxyl groups excluding tert-OH is 1. The van der Waals surface area contributed by atoms with Crippen molar-refractivity contribution in [3.63, 3.8) is 0 Å². The number of likely N-dealkylation sites (tertiary alicyclic amines) is 1. The van der Waals surface area contributed by atoms with E-state index in [1.54, 1.807) is 0 Å². The SMILES string of the molecule is NC1CCN(C2CCCCC2O)CC1. The molecule has 1 aliphatic carbocycles. The summed E-state index contributed by atoms with van der Waals surface area (Å²) in [6, 6.07) is 0.822. The molecule has 1 heterocycles. The van der Waals surface area contributed by atoms with Gasteiger partial charge >= 0.3 is 0 Å². The zero-order chi connectivity index (χ0) is 9.97. The van der Waals surface area contributed by atoms with Crippen LogP contribution in [0.25, 0.3) is 0 Å². The number of piperidine rings is 1. The highest BCUT2D eigenvalue weighted by atomic mass is 16.3. The Kier molecular flexibility index (Phi) is 3.42. The average molecular weight is 198 g/mol. The lowest BCUT2D eigenvalue weighted by molar-refractivity contribution is 0.00907. The standard InChI is InChI=1S/C11H22N2O/c12-9-5-7-13(8-6-9)10-3-1-2-4-11(10)14/h9-11,14H,1-8,12H2. The fourth-order valence-corrected chi connectivity index (χ4v) is 2.77. The molecule has 0 aromatic heterocycles. The molecule has 0 spiro atoms. The minimum Gasteiger partial charge on any atom is -0.391 e. The smallest absolute Gasteiger partial charge is 0.0695 e. The van der Waals surface area contributed by atoms with Crippen LogP contribution in [-0.4, -0.2) is 41.3 Å². The summed E-state index contributed by atoms with van der Waals surface area (Å²) in [7, 11) is 0. The van der Waals surface area contributed by atoms with E-state index in [-0.39, 0.29) is 6.10 Å². The molecule has 14 heavy (non-hydrogen) atoms. The van der Waals surface area contributed by atoms with Crippen molar-refractivity contribution in [3.8, 4) is 0 Å². The lowest BCUT2D eigenvalue weighted by Crippen LogP contribution is -2.50. The first-order chi connectivity index (χ1) is 6.77. The van der Waals surface area contributed by atoms with Gasteiger partial charge in [-0.2, -0.15) is 0 Å². The molecule has 1 saturated heterocycles. The molecule has 2 fully saturated rings. The molecule has 2 atom stereocenters. The van der Waals surface area contributed by atoms with Gasteiger partial charge in [-0.15, -0.1) is 0 Å². The maximum atomic E-state index is 9.91. The Bertz CT molecular complexity index is 178. The molecular weight excluding hydrogens is 176 g/mol. The summed E-state index contributed by atoms with van der Waals surface area (Å²) in [5.74, 6) is 0. The van der Waals surface area contributed by atoms with Gasteiger partial charge < -0.3 is 10.8 Å². The number of hydrogen-bond donors (Lipinski definition) is 2. The quantitative estimate of drug-likeness (QED) is 0.652. The Hall–Kier alpha value is -0.120. The first kappa shape index (κ1) is 10.4. The highest BCUT2D eigenvalue weighted by molar-refractivity contribution is 4.86. The average Bonchev–Trinajstić information content (AvgIpc) is 2.20. The van der Waals surface area contributed by atoms with Crippen LogP contribution < -0.4 is 5.73 Å². The van der Waals surface area contributed by atoms with Crippen LogP contribution in [0, 0.1) is 0 Å². The minimum atomic E-state index is -0.0851. The molecule has 0 radical (unpaired) electrons. The van der Waals surface area contributed by atoms with Crippen molar-refractivity contribution in [1.82, 2.24) is 4.90 Å². The number of rotatable bonds is 1. The van der Waals surface area contributed by atoms with Crippen LogP contribution in [0.3, 0.4) is 0 Å². The van der Waals surface area contributed by atoms with Crippen molar-refractivity contribution < 1.29 is 5.11 Å². The second kappa shape index (κ2) is 4.60. The molecule has 3 nitrogen and oxygen atoms in total. The first-order valence-electron chi connectivity index (χ1n) is 5.95. The summed E-state index contributed by atoms with van der Waals surface area (Å²) >= 11 is 0. The van der Waals surface area contributed by atoms with E-state index in [4.69, 9.17) is 5.73 Å². The summed E-state index contributed by atoms with van der Waals surface area (Å²) < 4.78 is 0. The van der Waals surface area contributed by atoms with Gasteiger partial charge in [-0.25, -0.2) is 0 Å². The fourth-order valence-electron chi connectivity index (χ4n) is 2.77. The van der Waals surface area contributed by atoms with Crippen LogP contribution in [-0.2, 0) is 0 Å². The molecule has 1 saturated carbocycles. The monoisotopic (exact) mass is 198 g/mol. The largest absolute Gasteiger partial charge is 0.391 e. The van der Waals surface area contributed by atoms with Gasteiger partial charge in [0.2, 0.25) is 0 Å². The normalized spacial score (nSPS) is 37.3. The Morgan fingerprint density at radius 3 is 2.29 bits per heavy atom. The van der Waals surface area contributed by atoms with Crippen molar-refractivity contribution in [2.24, 2.45) is 5.73 Å². The van der Waals surface area contributed by atoms with Gasteiger partial charge in [-0.05, 0) is 25.7 Å². The molecule has 3 N–H and O–H groups in total.